The van der Waals surface area contributed by atoms with E-state index in [9.17, 15) is 5.11 Å². The molecule has 0 saturated carbocycles. The number of hydrogen-bond acceptors (Lipinski definition) is 1. The van der Waals surface area contributed by atoms with Crippen molar-refractivity contribution in [3.05, 3.63) is 12.2 Å². The Morgan fingerprint density at radius 3 is 2.18 bits per heavy atom. The fourth-order valence-corrected chi connectivity index (χ4v) is 0.745. The number of hydrogen-bond donors (Lipinski definition) is 1. The van der Waals surface area contributed by atoms with Gasteiger partial charge in [0.25, 0.3) is 0 Å². The first-order valence-electron chi connectivity index (χ1n) is 4.31. The summed E-state index contributed by atoms with van der Waals surface area (Å²) in [4.78, 5) is 0. The summed E-state index contributed by atoms with van der Waals surface area (Å²) < 4.78 is 0. The molecule has 0 heterocycles. The zero-order chi connectivity index (χ0) is 8.91. The molecule has 1 atom stereocenters. The highest BCUT2D eigenvalue weighted by molar-refractivity contribution is 4.86. The van der Waals surface area contributed by atoms with Crippen molar-refractivity contribution >= 4 is 0 Å². The van der Waals surface area contributed by atoms with Gasteiger partial charge in [0.1, 0.15) is 0 Å². The second kappa shape index (κ2) is 4.55. The molecule has 0 aliphatic heterocycles. The van der Waals surface area contributed by atoms with Crippen LogP contribution in [0.3, 0.4) is 0 Å². The number of allylic oxidation sites excluding steroid dienone is 1. The van der Waals surface area contributed by atoms with Crippen LogP contribution in [0.1, 0.15) is 40.5 Å². The predicted octanol–water partition coefficient (Wildman–Crippen LogP) is 2.75. The van der Waals surface area contributed by atoms with Crippen LogP contribution < -0.4 is 0 Å². The van der Waals surface area contributed by atoms with Crippen molar-refractivity contribution in [1.82, 2.24) is 0 Å². The van der Waals surface area contributed by atoms with E-state index >= 15 is 0 Å². The summed E-state index contributed by atoms with van der Waals surface area (Å²) in [5.41, 5.74) is 0.0120. The summed E-state index contributed by atoms with van der Waals surface area (Å²) >= 11 is 0. The minimum atomic E-state index is -0.217. The first-order valence-corrected chi connectivity index (χ1v) is 4.31. The monoisotopic (exact) mass is 156 g/mol. The van der Waals surface area contributed by atoms with Crippen LogP contribution in [0.5, 0.6) is 0 Å². The molecule has 0 aromatic heterocycles. The number of aliphatic hydroxyl groups excluding tert-OH is 1. The zero-order valence-corrected chi connectivity index (χ0v) is 8.09. The van der Waals surface area contributed by atoms with E-state index in [0.717, 1.165) is 12.8 Å². The van der Waals surface area contributed by atoms with Crippen molar-refractivity contribution in [2.45, 2.75) is 46.6 Å². The number of aliphatic hydroxyl groups is 1. The second-order valence-electron chi connectivity index (χ2n) is 4.00. The Labute approximate surface area is 70.1 Å². The number of rotatable bonds is 3. The Morgan fingerprint density at radius 2 is 1.82 bits per heavy atom. The Bertz CT molecular complexity index is 119. The molecule has 11 heavy (non-hydrogen) atoms. The first-order chi connectivity index (χ1) is 4.98. The molecule has 1 heteroatoms. The van der Waals surface area contributed by atoms with Gasteiger partial charge in [-0.15, -0.1) is 0 Å². The van der Waals surface area contributed by atoms with Gasteiger partial charge in [-0.25, -0.2) is 0 Å². The van der Waals surface area contributed by atoms with Crippen molar-refractivity contribution in [3.8, 4) is 0 Å². The average Bonchev–Trinajstić information content (AvgIpc) is 1.86. The van der Waals surface area contributed by atoms with Gasteiger partial charge in [-0.1, -0.05) is 39.8 Å². The summed E-state index contributed by atoms with van der Waals surface area (Å²) in [5.74, 6) is 0. The molecule has 66 valence electrons. The Hall–Kier alpha value is -0.300. The zero-order valence-electron chi connectivity index (χ0n) is 8.09. The van der Waals surface area contributed by atoms with E-state index in [1.807, 2.05) is 0 Å². The maximum Gasteiger partial charge on any atom is 0.0622 e. The molecule has 0 saturated heterocycles. The van der Waals surface area contributed by atoms with E-state index in [4.69, 9.17) is 0 Å². The molecule has 1 unspecified atom stereocenters. The van der Waals surface area contributed by atoms with Gasteiger partial charge in [0, 0.05) is 0 Å². The van der Waals surface area contributed by atoms with Crippen LogP contribution in [0.15, 0.2) is 12.2 Å². The van der Waals surface area contributed by atoms with Gasteiger partial charge in [-0.2, -0.15) is 0 Å². The quantitative estimate of drug-likeness (QED) is 0.623. The maximum atomic E-state index is 9.56. The van der Waals surface area contributed by atoms with Gasteiger partial charge in [0.05, 0.1) is 6.10 Å². The van der Waals surface area contributed by atoms with E-state index in [1.54, 1.807) is 0 Å². The second-order valence-corrected chi connectivity index (χ2v) is 4.00. The molecule has 1 N–H and O–H groups in total. The fraction of sp³-hybridized carbons (Fsp3) is 0.800. The molecule has 0 aromatic rings. The smallest absolute Gasteiger partial charge is 0.0622 e. The molecule has 0 rings (SSSR count). The molecular weight excluding hydrogens is 136 g/mol. The maximum absolute atomic E-state index is 9.56. The molecule has 0 aromatic carbocycles. The highest BCUT2D eigenvalue weighted by Crippen LogP contribution is 2.21. The molecule has 0 bridgehead atoms. The largest absolute Gasteiger partial charge is 0.392 e. The molecule has 0 fully saturated rings. The van der Waals surface area contributed by atoms with Crippen LogP contribution in [0.4, 0.5) is 0 Å². The van der Waals surface area contributed by atoms with E-state index in [-0.39, 0.29) is 11.5 Å². The lowest BCUT2D eigenvalue weighted by molar-refractivity contribution is 0.0659. The first kappa shape index (κ1) is 10.7. The minimum Gasteiger partial charge on any atom is -0.392 e. The van der Waals surface area contributed by atoms with Crippen LogP contribution in [0.25, 0.3) is 0 Å². The SMILES string of the molecule is CC/C=C/CC(O)C(C)(C)C. The van der Waals surface area contributed by atoms with Crippen molar-refractivity contribution in [2.24, 2.45) is 5.41 Å². The van der Waals surface area contributed by atoms with Gasteiger partial charge in [0.15, 0.2) is 0 Å². The third kappa shape index (κ3) is 5.02. The van der Waals surface area contributed by atoms with E-state index in [2.05, 4.69) is 39.8 Å². The summed E-state index contributed by atoms with van der Waals surface area (Å²) in [6.45, 7) is 8.26. The van der Waals surface area contributed by atoms with Crippen LogP contribution in [-0.2, 0) is 0 Å². The highest BCUT2D eigenvalue weighted by atomic mass is 16.3. The molecule has 0 aliphatic rings. The summed E-state index contributed by atoms with van der Waals surface area (Å²) in [6.07, 6.45) is 5.75. The van der Waals surface area contributed by atoms with Gasteiger partial charge >= 0.3 is 0 Å². The molecular formula is C10H20O. The predicted molar refractivity (Wildman–Crippen MR) is 49.5 cm³/mol. The lowest BCUT2D eigenvalue weighted by Gasteiger charge is -2.24. The molecule has 0 amide bonds. The summed E-state index contributed by atoms with van der Waals surface area (Å²) in [6, 6.07) is 0. The average molecular weight is 156 g/mol. The van der Waals surface area contributed by atoms with Crippen molar-refractivity contribution in [2.75, 3.05) is 0 Å². The Kier molecular flexibility index (Phi) is 4.43. The lowest BCUT2D eigenvalue weighted by Crippen LogP contribution is -2.24. The topological polar surface area (TPSA) is 20.2 Å². The summed E-state index contributed by atoms with van der Waals surface area (Å²) in [5, 5.41) is 9.56. The Balaban J connectivity index is 3.69. The van der Waals surface area contributed by atoms with Gasteiger partial charge in [-0.3, -0.25) is 0 Å². The van der Waals surface area contributed by atoms with Crippen molar-refractivity contribution < 1.29 is 5.11 Å². The van der Waals surface area contributed by atoms with E-state index in [1.165, 1.54) is 0 Å². The van der Waals surface area contributed by atoms with Crippen LogP contribution >= 0.6 is 0 Å². The van der Waals surface area contributed by atoms with Crippen LogP contribution in [0.2, 0.25) is 0 Å². The third-order valence-corrected chi connectivity index (χ3v) is 1.76. The van der Waals surface area contributed by atoms with Gasteiger partial charge in [-0.05, 0) is 18.3 Å². The van der Waals surface area contributed by atoms with E-state index in [0.29, 0.717) is 0 Å². The minimum absolute atomic E-state index is 0.0120. The van der Waals surface area contributed by atoms with E-state index < -0.39 is 0 Å². The molecule has 0 radical (unpaired) electrons. The molecule has 1 nitrogen and oxygen atoms in total. The van der Waals surface area contributed by atoms with Crippen molar-refractivity contribution in [3.63, 3.8) is 0 Å². The molecule has 0 aliphatic carbocycles. The van der Waals surface area contributed by atoms with Gasteiger partial charge < -0.3 is 5.11 Å². The van der Waals surface area contributed by atoms with Crippen molar-refractivity contribution in [1.29, 1.82) is 0 Å². The highest BCUT2D eigenvalue weighted by Gasteiger charge is 2.19. The standard InChI is InChI=1S/C10H20O/c1-5-6-7-8-9(11)10(2,3)4/h6-7,9,11H,5,8H2,1-4H3/b7-6+. The lowest BCUT2D eigenvalue weighted by atomic mass is 9.87. The Morgan fingerprint density at radius 1 is 1.27 bits per heavy atom. The summed E-state index contributed by atoms with van der Waals surface area (Å²) in [7, 11) is 0. The normalized spacial score (nSPS) is 15.7. The molecule has 0 spiro atoms. The van der Waals surface area contributed by atoms with Gasteiger partial charge in [0.2, 0.25) is 0 Å². The third-order valence-electron chi connectivity index (χ3n) is 1.76. The van der Waals surface area contributed by atoms with Crippen LogP contribution in [-0.4, -0.2) is 11.2 Å². The fourth-order valence-electron chi connectivity index (χ4n) is 0.745. The van der Waals surface area contributed by atoms with Crippen LogP contribution in [0, 0.1) is 5.41 Å².